The molecule has 5 rings (SSSR count). The van der Waals surface area contributed by atoms with Gasteiger partial charge in [0.15, 0.2) is 0 Å². The minimum absolute atomic E-state index is 0.141. The van der Waals surface area contributed by atoms with Crippen molar-refractivity contribution in [3.05, 3.63) is 65.5 Å². The summed E-state index contributed by atoms with van der Waals surface area (Å²) < 4.78 is 17.5. The Labute approximate surface area is 196 Å². The van der Waals surface area contributed by atoms with Gasteiger partial charge < -0.3 is 14.3 Å². The number of carbonyl (C=O) groups excluding carboxylic acids is 1. The number of nitriles is 1. The van der Waals surface area contributed by atoms with Gasteiger partial charge in [0.2, 0.25) is 5.76 Å². The maximum atomic E-state index is 12.1. The molecule has 1 aliphatic rings. The molecule has 8 heteroatoms. The summed E-state index contributed by atoms with van der Waals surface area (Å²) in [6.07, 6.45) is 5.28. The highest BCUT2D eigenvalue weighted by Gasteiger charge is 2.19. The van der Waals surface area contributed by atoms with Crippen molar-refractivity contribution >= 4 is 33.5 Å². The number of aryl methyl sites for hydroxylation is 1. The van der Waals surface area contributed by atoms with E-state index in [1.165, 1.54) is 11.6 Å². The molecule has 1 saturated heterocycles. The minimum Gasteiger partial charge on any atom is -0.449 e. The highest BCUT2D eigenvalue weighted by Crippen LogP contribution is 2.27. The molecule has 1 N–H and O–H groups in total. The predicted octanol–water partition coefficient (Wildman–Crippen LogP) is 4.97. The predicted molar refractivity (Wildman–Crippen MR) is 127 cm³/mol. The molecule has 2 aromatic carbocycles. The largest absolute Gasteiger partial charge is 0.449 e. The van der Waals surface area contributed by atoms with Gasteiger partial charge in [0.25, 0.3) is 0 Å². The molecule has 0 spiro atoms. The number of hydrogen-bond donors (Lipinski definition) is 1. The van der Waals surface area contributed by atoms with Gasteiger partial charge in [-0.05, 0) is 73.8 Å². The fourth-order valence-corrected chi connectivity index (χ4v) is 4.70. The maximum Gasteiger partial charge on any atom is 0.414 e. The van der Waals surface area contributed by atoms with Crippen molar-refractivity contribution in [3.8, 4) is 6.07 Å². The molecule has 2 aromatic heterocycles. The fraction of sp³-hybridized carbons (Fsp3) is 0.308. The number of anilines is 1. The zero-order valence-corrected chi connectivity index (χ0v) is 18.7. The van der Waals surface area contributed by atoms with Gasteiger partial charge in [-0.25, -0.2) is 9.74 Å². The van der Waals surface area contributed by atoms with Crippen LogP contribution in [0.2, 0.25) is 0 Å². The SMILES string of the molecule is N#Cc1ccc2[nH]cc(CCCCN3CCN(c4ccc5oc(C(=O)OF)cc5c4)CC3)c2c1. The molecule has 0 saturated carbocycles. The van der Waals surface area contributed by atoms with Gasteiger partial charge >= 0.3 is 5.97 Å². The summed E-state index contributed by atoms with van der Waals surface area (Å²) in [4.78, 5) is 22.7. The van der Waals surface area contributed by atoms with Gasteiger partial charge in [-0.2, -0.15) is 5.26 Å². The molecule has 0 unspecified atom stereocenters. The van der Waals surface area contributed by atoms with Crippen LogP contribution in [-0.2, 0) is 11.4 Å². The number of aromatic nitrogens is 1. The van der Waals surface area contributed by atoms with Gasteiger partial charge in [-0.1, -0.05) is 0 Å². The van der Waals surface area contributed by atoms with Crippen LogP contribution >= 0.6 is 0 Å². The van der Waals surface area contributed by atoms with Gasteiger partial charge in [0.1, 0.15) is 5.58 Å². The number of halogens is 1. The van der Waals surface area contributed by atoms with E-state index < -0.39 is 5.97 Å². The van der Waals surface area contributed by atoms with Crippen molar-refractivity contribution in [2.45, 2.75) is 19.3 Å². The van der Waals surface area contributed by atoms with Crippen LogP contribution in [0.5, 0.6) is 0 Å². The molecule has 3 heterocycles. The van der Waals surface area contributed by atoms with Crippen LogP contribution in [0.1, 0.15) is 34.5 Å². The van der Waals surface area contributed by atoms with E-state index in [4.69, 9.17) is 9.68 Å². The monoisotopic (exact) mass is 460 g/mol. The normalized spacial score (nSPS) is 14.5. The lowest BCUT2D eigenvalue weighted by Crippen LogP contribution is -2.46. The van der Waals surface area contributed by atoms with E-state index in [0.29, 0.717) is 11.1 Å². The molecule has 1 aliphatic heterocycles. The molecule has 0 amide bonds. The molecule has 1 fully saturated rings. The Morgan fingerprint density at radius 2 is 1.97 bits per heavy atom. The Hall–Kier alpha value is -3.83. The Balaban J connectivity index is 1.11. The van der Waals surface area contributed by atoms with Crippen LogP contribution in [0.3, 0.4) is 0 Å². The van der Waals surface area contributed by atoms with Gasteiger partial charge in [0.05, 0.1) is 11.6 Å². The van der Waals surface area contributed by atoms with Crippen LogP contribution in [0.4, 0.5) is 10.2 Å². The first-order chi connectivity index (χ1) is 16.6. The zero-order valence-electron chi connectivity index (χ0n) is 18.7. The van der Waals surface area contributed by atoms with Crippen LogP contribution < -0.4 is 4.90 Å². The van der Waals surface area contributed by atoms with Crippen molar-refractivity contribution < 1.29 is 18.7 Å². The number of hydrogen-bond acceptors (Lipinski definition) is 6. The van der Waals surface area contributed by atoms with Crippen LogP contribution in [0, 0.1) is 11.3 Å². The number of nitrogens with zero attached hydrogens (tertiary/aromatic N) is 3. The third-order valence-corrected chi connectivity index (χ3v) is 6.58. The van der Waals surface area contributed by atoms with E-state index in [1.54, 1.807) is 6.07 Å². The molecule has 34 heavy (non-hydrogen) atoms. The molecule has 0 aliphatic carbocycles. The standard InChI is InChI=1S/C26H25FN4O3/c27-34-26(32)25-15-20-14-21(5-7-24(20)33-25)31-11-9-30(10-12-31)8-2-1-3-19-17-29-23-6-4-18(16-28)13-22(19)23/h4-7,13-15,17,29H,1-3,8-12H2. The van der Waals surface area contributed by atoms with E-state index in [9.17, 15) is 9.32 Å². The number of benzene rings is 2. The molecule has 174 valence electrons. The number of fused-ring (bicyclic) bond motifs is 2. The number of rotatable bonds is 7. The summed E-state index contributed by atoms with van der Waals surface area (Å²) in [5.74, 6) is -1.26. The lowest BCUT2D eigenvalue weighted by molar-refractivity contribution is -0.0810. The summed E-state index contributed by atoms with van der Waals surface area (Å²) >= 11 is 0. The van der Waals surface area contributed by atoms with Crippen LogP contribution in [0.15, 0.2) is 53.1 Å². The number of carbonyl (C=O) groups is 1. The summed E-state index contributed by atoms with van der Waals surface area (Å²) in [6.45, 7) is 4.88. The molecule has 4 aromatic rings. The van der Waals surface area contributed by atoms with Crippen molar-refractivity contribution in [2.75, 3.05) is 37.6 Å². The number of furan rings is 1. The highest BCUT2D eigenvalue weighted by atomic mass is 19.3. The molecule has 0 radical (unpaired) electrons. The van der Waals surface area contributed by atoms with Crippen molar-refractivity contribution in [1.82, 2.24) is 9.88 Å². The van der Waals surface area contributed by atoms with E-state index in [0.717, 1.165) is 74.0 Å². The third kappa shape index (κ3) is 4.47. The van der Waals surface area contributed by atoms with E-state index in [-0.39, 0.29) is 5.76 Å². The molecular formula is C26H25FN4O3. The number of aromatic amines is 1. The van der Waals surface area contributed by atoms with Gasteiger partial charge in [-0.3, -0.25) is 4.90 Å². The summed E-state index contributed by atoms with van der Waals surface area (Å²) in [5.41, 5.74) is 4.64. The Kier molecular flexibility index (Phi) is 6.19. The number of unbranched alkanes of at least 4 members (excludes halogenated alkanes) is 1. The van der Waals surface area contributed by atoms with Crippen LogP contribution in [-0.4, -0.2) is 48.6 Å². The molecule has 0 atom stereocenters. The Bertz CT molecular complexity index is 1360. The lowest BCUT2D eigenvalue weighted by Gasteiger charge is -2.36. The van der Waals surface area contributed by atoms with E-state index in [2.05, 4.69) is 32.0 Å². The van der Waals surface area contributed by atoms with Gasteiger partial charge in [-0.15, -0.1) is 0 Å². The average Bonchev–Trinajstić information content (AvgIpc) is 3.49. The summed E-state index contributed by atoms with van der Waals surface area (Å²) in [6, 6.07) is 15.2. The average molecular weight is 461 g/mol. The minimum atomic E-state index is -1.12. The highest BCUT2D eigenvalue weighted by molar-refractivity contribution is 5.93. The quantitative estimate of drug-likeness (QED) is 0.392. The summed E-state index contributed by atoms with van der Waals surface area (Å²) in [5, 5.41) is 11.0. The van der Waals surface area contributed by atoms with Crippen LogP contribution in [0.25, 0.3) is 21.9 Å². The van der Waals surface area contributed by atoms with Crippen molar-refractivity contribution in [2.24, 2.45) is 0 Å². The first-order valence-electron chi connectivity index (χ1n) is 11.5. The number of H-pyrrole nitrogens is 1. The lowest BCUT2D eigenvalue weighted by atomic mass is 10.1. The van der Waals surface area contributed by atoms with Crippen molar-refractivity contribution in [3.63, 3.8) is 0 Å². The number of nitrogens with one attached hydrogen (secondary N) is 1. The topological polar surface area (TPSA) is 85.5 Å². The first-order valence-corrected chi connectivity index (χ1v) is 11.5. The second kappa shape index (κ2) is 9.57. The maximum absolute atomic E-state index is 12.1. The van der Waals surface area contributed by atoms with Gasteiger partial charge in [0, 0.05) is 58.9 Å². The third-order valence-electron chi connectivity index (χ3n) is 6.58. The molecular weight excluding hydrogens is 435 g/mol. The molecule has 7 nitrogen and oxygen atoms in total. The van der Waals surface area contributed by atoms with E-state index >= 15 is 0 Å². The summed E-state index contributed by atoms with van der Waals surface area (Å²) in [7, 11) is 0. The fourth-order valence-electron chi connectivity index (χ4n) is 4.70. The van der Waals surface area contributed by atoms with E-state index in [1.807, 2.05) is 30.3 Å². The molecule has 0 bridgehead atoms. The number of piperazine rings is 1. The first kappa shape index (κ1) is 22.0. The smallest absolute Gasteiger partial charge is 0.414 e. The second-order valence-corrected chi connectivity index (χ2v) is 8.67. The Morgan fingerprint density at radius 3 is 2.76 bits per heavy atom. The van der Waals surface area contributed by atoms with Crippen molar-refractivity contribution in [1.29, 1.82) is 5.26 Å². The zero-order chi connectivity index (χ0) is 23.5. The second-order valence-electron chi connectivity index (χ2n) is 8.67. The Morgan fingerprint density at radius 1 is 1.12 bits per heavy atom.